The van der Waals surface area contributed by atoms with Crippen molar-refractivity contribution in [3.05, 3.63) is 40.8 Å². The summed E-state index contributed by atoms with van der Waals surface area (Å²) in [6, 6.07) is 5.43. The molecule has 0 saturated heterocycles. The third kappa shape index (κ3) is 4.97. The third-order valence-electron chi connectivity index (χ3n) is 2.76. The number of aliphatic carboxylic acids is 1. The van der Waals surface area contributed by atoms with Crippen molar-refractivity contribution in [2.24, 2.45) is 5.18 Å². The number of ether oxygens (including phenoxy) is 1. The highest BCUT2D eigenvalue weighted by Crippen LogP contribution is 2.06. The van der Waals surface area contributed by atoms with Gasteiger partial charge in [-0.1, -0.05) is 35.5 Å². The molecule has 0 radical (unpaired) electrons. The van der Waals surface area contributed by atoms with E-state index in [9.17, 15) is 19.3 Å². The van der Waals surface area contributed by atoms with Crippen LogP contribution >= 0.6 is 0 Å². The van der Waals surface area contributed by atoms with Crippen molar-refractivity contribution in [1.29, 1.82) is 0 Å². The van der Waals surface area contributed by atoms with E-state index in [1.807, 2.05) is 5.32 Å². The molecule has 2 atom stereocenters. The fraction of sp³-hybridized carbons (Fsp3) is 0.357. The van der Waals surface area contributed by atoms with E-state index in [-0.39, 0.29) is 13.0 Å². The molecule has 1 aromatic carbocycles. The predicted molar refractivity (Wildman–Crippen MR) is 75.9 cm³/mol. The quantitative estimate of drug-likeness (QED) is 0.409. The molecule has 0 aliphatic heterocycles. The van der Waals surface area contributed by atoms with Crippen LogP contribution < -0.4 is 5.32 Å². The van der Waals surface area contributed by atoms with Gasteiger partial charge in [-0.15, -0.1) is 4.91 Å². The molecule has 0 spiro atoms. The summed E-state index contributed by atoms with van der Waals surface area (Å²) in [7, 11) is 0. The smallest absolute Gasteiger partial charge is 0.340 e. The van der Waals surface area contributed by atoms with Crippen molar-refractivity contribution in [2.45, 2.75) is 25.4 Å². The topological polar surface area (TPSA) is 122 Å². The molecule has 118 valence electrons. The van der Waals surface area contributed by atoms with Gasteiger partial charge in [-0.05, 0) is 12.5 Å². The van der Waals surface area contributed by atoms with Gasteiger partial charge in [0.25, 0.3) is 0 Å². The highest BCUT2D eigenvalue weighted by molar-refractivity contribution is 6.02. The van der Waals surface area contributed by atoms with Crippen molar-refractivity contribution in [2.75, 3.05) is 6.61 Å². The number of carboxylic acid groups (broad SMARTS) is 1. The Kier molecular flexibility index (Phi) is 6.68. The minimum Gasteiger partial charge on any atom is -0.479 e. The number of carbonyl (C=O) groups excluding carboxylic acids is 2. The molecule has 0 aromatic heterocycles. The van der Waals surface area contributed by atoms with Crippen molar-refractivity contribution < 1.29 is 24.2 Å². The molecule has 1 rings (SSSR count). The first kappa shape index (κ1) is 17.3. The average Bonchev–Trinajstić information content (AvgIpc) is 2.50. The van der Waals surface area contributed by atoms with Gasteiger partial charge in [-0.25, -0.2) is 9.59 Å². The first-order chi connectivity index (χ1) is 10.5. The van der Waals surface area contributed by atoms with Gasteiger partial charge < -0.3 is 15.2 Å². The number of carboxylic acids is 1. The van der Waals surface area contributed by atoms with E-state index in [0.29, 0.717) is 5.56 Å². The average molecular weight is 308 g/mol. The minimum atomic E-state index is -1.87. The first-order valence-corrected chi connectivity index (χ1v) is 6.55. The van der Waals surface area contributed by atoms with E-state index in [1.165, 1.54) is 6.92 Å². The van der Waals surface area contributed by atoms with Crippen LogP contribution in [0.3, 0.4) is 0 Å². The number of carbonyl (C=O) groups is 3. The van der Waals surface area contributed by atoms with Crippen molar-refractivity contribution >= 4 is 17.8 Å². The molecule has 8 heteroatoms. The maximum Gasteiger partial charge on any atom is 0.340 e. The number of nitroso groups, excluding NO2 is 1. The normalized spacial score (nSPS) is 12.8. The zero-order valence-electron chi connectivity index (χ0n) is 11.9. The number of nitrogens with zero attached hydrogens (tertiary/aromatic N) is 1. The molecule has 0 aliphatic carbocycles. The summed E-state index contributed by atoms with van der Waals surface area (Å²) in [5.41, 5.74) is 0.685. The molecule has 2 N–H and O–H groups in total. The fourth-order valence-corrected chi connectivity index (χ4v) is 1.70. The molecular formula is C14H16N2O6. The number of esters is 1. The van der Waals surface area contributed by atoms with Gasteiger partial charge in [-0.3, -0.25) is 4.79 Å². The number of benzene rings is 1. The zero-order chi connectivity index (χ0) is 16.5. The standard InChI is InChI=1S/C14H16N2O6/c1-2-22-14(20)11(13(18)19)15-12(17)10(16-21)8-9-6-4-3-5-7-9/h3-7,10-11H,2,8H2,1H3,(H,15,17)(H,18,19). The Morgan fingerprint density at radius 1 is 1.27 bits per heavy atom. The van der Waals surface area contributed by atoms with Crippen LogP contribution in [0.2, 0.25) is 0 Å². The van der Waals surface area contributed by atoms with Crippen LogP contribution in [0, 0.1) is 4.91 Å². The Bertz CT molecular complexity index is 546. The van der Waals surface area contributed by atoms with E-state index >= 15 is 0 Å². The molecule has 2 unspecified atom stereocenters. The van der Waals surface area contributed by atoms with Crippen molar-refractivity contribution in [1.82, 2.24) is 5.32 Å². The summed E-state index contributed by atoms with van der Waals surface area (Å²) in [6.45, 7) is 1.47. The maximum atomic E-state index is 11.9. The van der Waals surface area contributed by atoms with Crippen LogP contribution in [-0.4, -0.2) is 41.6 Å². The second kappa shape index (κ2) is 8.50. The first-order valence-electron chi connectivity index (χ1n) is 6.55. The molecule has 0 fully saturated rings. The number of hydrogen-bond donors (Lipinski definition) is 2. The largest absolute Gasteiger partial charge is 0.479 e. The molecule has 22 heavy (non-hydrogen) atoms. The Morgan fingerprint density at radius 3 is 2.41 bits per heavy atom. The van der Waals surface area contributed by atoms with E-state index < -0.39 is 29.9 Å². The zero-order valence-corrected chi connectivity index (χ0v) is 11.9. The number of rotatable bonds is 8. The van der Waals surface area contributed by atoms with Gasteiger partial charge in [0.2, 0.25) is 11.9 Å². The number of nitrogens with one attached hydrogen (secondary N) is 1. The highest BCUT2D eigenvalue weighted by atomic mass is 16.5. The highest BCUT2D eigenvalue weighted by Gasteiger charge is 2.32. The summed E-state index contributed by atoms with van der Waals surface area (Å²) in [5, 5.41) is 13.6. The Balaban J connectivity index is 2.76. The summed E-state index contributed by atoms with van der Waals surface area (Å²) >= 11 is 0. The Hall–Kier alpha value is -2.77. The van der Waals surface area contributed by atoms with Crippen LogP contribution in [0.1, 0.15) is 12.5 Å². The lowest BCUT2D eigenvalue weighted by atomic mass is 10.1. The number of hydrogen-bond acceptors (Lipinski definition) is 6. The molecule has 8 nitrogen and oxygen atoms in total. The lowest BCUT2D eigenvalue weighted by Gasteiger charge is -2.15. The number of amides is 1. The molecule has 1 amide bonds. The van der Waals surface area contributed by atoms with Crippen LogP contribution in [-0.2, 0) is 25.5 Å². The minimum absolute atomic E-state index is 0.00530. The van der Waals surface area contributed by atoms with Gasteiger partial charge in [0.1, 0.15) is 0 Å². The lowest BCUT2D eigenvalue weighted by Crippen LogP contribution is -2.50. The summed E-state index contributed by atoms with van der Waals surface area (Å²) < 4.78 is 4.55. The van der Waals surface area contributed by atoms with Gasteiger partial charge in [0, 0.05) is 6.42 Å². The van der Waals surface area contributed by atoms with E-state index in [2.05, 4.69) is 9.91 Å². The van der Waals surface area contributed by atoms with Gasteiger partial charge >= 0.3 is 11.9 Å². The predicted octanol–water partition coefficient (Wildman–Crippen LogP) is 0.497. The maximum absolute atomic E-state index is 11.9. The van der Waals surface area contributed by atoms with Crippen molar-refractivity contribution in [3.63, 3.8) is 0 Å². The van der Waals surface area contributed by atoms with Crippen LogP contribution in [0.4, 0.5) is 0 Å². The fourth-order valence-electron chi connectivity index (χ4n) is 1.70. The summed E-state index contributed by atoms with van der Waals surface area (Å²) in [6.07, 6.45) is 0.00530. The Morgan fingerprint density at radius 2 is 1.91 bits per heavy atom. The second-order valence-electron chi connectivity index (χ2n) is 4.34. The van der Waals surface area contributed by atoms with Crippen LogP contribution in [0.15, 0.2) is 35.5 Å². The summed E-state index contributed by atoms with van der Waals surface area (Å²) in [5.74, 6) is -3.62. The second-order valence-corrected chi connectivity index (χ2v) is 4.34. The van der Waals surface area contributed by atoms with Gasteiger partial charge in [-0.2, -0.15) is 0 Å². The Labute approximate surface area is 126 Å². The van der Waals surface area contributed by atoms with E-state index in [4.69, 9.17) is 5.11 Å². The van der Waals surface area contributed by atoms with Gasteiger partial charge in [0.15, 0.2) is 6.04 Å². The molecular weight excluding hydrogens is 292 g/mol. The van der Waals surface area contributed by atoms with Crippen molar-refractivity contribution in [3.8, 4) is 0 Å². The lowest BCUT2D eigenvalue weighted by molar-refractivity contribution is -0.156. The van der Waals surface area contributed by atoms with Gasteiger partial charge in [0.05, 0.1) is 6.61 Å². The molecule has 0 bridgehead atoms. The SMILES string of the molecule is CCOC(=O)C(NC(=O)C(Cc1ccccc1)N=O)C(=O)O. The summed E-state index contributed by atoms with van der Waals surface area (Å²) in [4.78, 5) is 45.2. The monoisotopic (exact) mass is 308 g/mol. The molecule has 1 aromatic rings. The van der Waals surface area contributed by atoms with Crippen LogP contribution in [0.25, 0.3) is 0 Å². The van der Waals surface area contributed by atoms with E-state index in [1.54, 1.807) is 30.3 Å². The molecule has 0 saturated carbocycles. The third-order valence-corrected chi connectivity index (χ3v) is 2.76. The van der Waals surface area contributed by atoms with E-state index in [0.717, 1.165) is 0 Å². The molecule has 0 heterocycles. The molecule has 0 aliphatic rings. The van der Waals surface area contributed by atoms with Crippen LogP contribution in [0.5, 0.6) is 0 Å².